The monoisotopic (exact) mass is 185 g/mol. The van der Waals surface area contributed by atoms with E-state index >= 15 is 0 Å². The van der Waals surface area contributed by atoms with Gasteiger partial charge in [0.05, 0.1) is 0 Å². The van der Waals surface area contributed by atoms with Gasteiger partial charge in [-0.3, -0.25) is 0 Å². The lowest BCUT2D eigenvalue weighted by Gasteiger charge is -2.11. The molecule has 0 saturated carbocycles. The summed E-state index contributed by atoms with van der Waals surface area (Å²) in [6.07, 6.45) is 2.84. The molecule has 1 nitrogen and oxygen atoms in total. The summed E-state index contributed by atoms with van der Waals surface area (Å²) in [5, 5.41) is 4.62. The Balaban J connectivity index is 3.31. The molecule has 0 aliphatic heterocycles. The molecular formula is C10H24AlN. The van der Waals surface area contributed by atoms with Gasteiger partial charge in [0.25, 0.3) is 14.1 Å². The van der Waals surface area contributed by atoms with Crippen molar-refractivity contribution in [2.45, 2.75) is 42.5 Å². The highest BCUT2D eigenvalue weighted by Gasteiger charge is 2.11. The Bertz CT molecular complexity index is 93.8. The second-order valence-corrected chi connectivity index (χ2v) is 7.71. The van der Waals surface area contributed by atoms with E-state index in [1.165, 1.54) is 24.7 Å². The Morgan fingerprint density at radius 2 is 1.75 bits per heavy atom. The van der Waals surface area contributed by atoms with Crippen molar-refractivity contribution in [1.29, 1.82) is 0 Å². The first-order chi connectivity index (χ1) is 5.70. The molecule has 2 heteroatoms. The Labute approximate surface area is 82.5 Å². The fourth-order valence-electron chi connectivity index (χ4n) is 1.66. The van der Waals surface area contributed by atoms with E-state index in [1.54, 1.807) is 10.6 Å². The lowest BCUT2D eigenvalue weighted by atomic mass is 10.4. The lowest BCUT2D eigenvalue weighted by molar-refractivity contribution is 0.408. The normalized spacial score (nSPS) is 10.8. The number of nitrogens with zero attached hydrogens (tertiary/aromatic N) is 1. The van der Waals surface area contributed by atoms with E-state index < -0.39 is 0 Å². The molecule has 0 rings (SSSR count). The summed E-state index contributed by atoms with van der Waals surface area (Å²) in [5.74, 6) is 0. The number of hydrogen-bond donors (Lipinski definition) is 0. The summed E-state index contributed by atoms with van der Waals surface area (Å²) >= 11 is -0.299. The SMILES string of the molecule is CC[CH2][Al]([CH2]C)[CH2]CCN(C)C. The zero-order valence-electron chi connectivity index (χ0n) is 9.27. The third-order valence-corrected chi connectivity index (χ3v) is 6.27. The minimum absolute atomic E-state index is 0.299. The van der Waals surface area contributed by atoms with Gasteiger partial charge >= 0.3 is 0 Å². The average molecular weight is 185 g/mol. The molecule has 0 aromatic rings. The Kier molecular flexibility index (Phi) is 8.44. The molecule has 0 aliphatic rings. The summed E-state index contributed by atoms with van der Waals surface area (Å²) in [6, 6.07) is 0. The molecule has 0 N–H and O–H groups in total. The van der Waals surface area contributed by atoms with Crippen LogP contribution in [-0.4, -0.2) is 39.7 Å². The Hall–Kier alpha value is 0.492. The standard InChI is InChI=1S/C5H12N.C3H7.C2H5.Al/c1-4-5-6(2)3;1-3-2;1-2;/h1,4-5H2,2-3H3;1,3H2,2H3;1H2,2H3;. The van der Waals surface area contributed by atoms with Gasteiger partial charge in [-0.15, -0.1) is 0 Å². The third kappa shape index (κ3) is 7.16. The highest BCUT2D eigenvalue weighted by atomic mass is 27.2. The van der Waals surface area contributed by atoms with Gasteiger partial charge in [-0.05, 0) is 20.6 Å². The van der Waals surface area contributed by atoms with Gasteiger partial charge in [0.2, 0.25) is 0 Å². The van der Waals surface area contributed by atoms with Crippen LogP contribution in [0, 0.1) is 0 Å². The van der Waals surface area contributed by atoms with Gasteiger partial charge in [-0.1, -0.05) is 42.5 Å². The lowest BCUT2D eigenvalue weighted by Crippen LogP contribution is -2.17. The first kappa shape index (κ1) is 12.5. The largest absolute Gasteiger partial charge is 0.309 e. The second-order valence-electron chi connectivity index (χ2n) is 4.01. The summed E-state index contributed by atoms with van der Waals surface area (Å²) in [6.45, 7) is 5.98. The van der Waals surface area contributed by atoms with E-state index in [4.69, 9.17) is 0 Å². The summed E-state index contributed by atoms with van der Waals surface area (Å²) in [5.41, 5.74) is 0. The van der Waals surface area contributed by atoms with E-state index in [-0.39, 0.29) is 14.1 Å². The highest BCUT2D eigenvalue weighted by Crippen LogP contribution is 2.10. The number of hydrogen-bond acceptors (Lipinski definition) is 1. The van der Waals surface area contributed by atoms with Gasteiger partial charge < -0.3 is 4.90 Å². The van der Waals surface area contributed by atoms with Crippen molar-refractivity contribution in [3.63, 3.8) is 0 Å². The minimum Gasteiger partial charge on any atom is -0.309 e. The van der Waals surface area contributed by atoms with Gasteiger partial charge in [0.15, 0.2) is 0 Å². The first-order valence-corrected chi connectivity index (χ1v) is 7.80. The van der Waals surface area contributed by atoms with E-state index in [0.717, 1.165) is 0 Å². The van der Waals surface area contributed by atoms with Crippen LogP contribution in [0.25, 0.3) is 0 Å². The molecule has 0 aromatic carbocycles. The van der Waals surface area contributed by atoms with Crippen LogP contribution in [0.4, 0.5) is 0 Å². The quantitative estimate of drug-likeness (QED) is 0.551. The summed E-state index contributed by atoms with van der Waals surface area (Å²) < 4.78 is 0. The van der Waals surface area contributed by atoms with Crippen LogP contribution in [0.15, 0.2) is 0 Å². The predicted molar refractivity (Wildman–Crippen MR) is 59.3 cm³/mol. The second kappa shape index (κ2) is 8.11. The molecule has 0 aliphatic carbocycles. The fourth-order valence-corrected chi connectivity index (χ4v) is 4.34. The molecule has 0 unspecified atom stereocenters. The molecule has 0 atom stereocenters. The maximum Gasteiger partial charge on any atom is 0.261 e. The third-order valence-electron chi connectivity index (χ3n) is 2.49. The number of rotatable bonds is 7. The molecule has 0 amide bonds. The maximum absolute atomic E-state index is 2.38. The minimum atomic E-state index is -0.299. The van der Waals surface area contributed by atoms with E-state index in [2.05, 4.69) is 32.8 Å². The van der Waals surface area contributed by atoms with Crippen molar-refractivity contribution < 1.29 is 0 Å². The van der Waals surface area contributed by atoms with Crippen molar-refractivity contribution in [2.24, 2.45) is 0 Å². The molecular weight excluding hydrogens is 161 g/mol. The van der Waals surface area contributed by atoms with Crippen LogP contribution in [0.5, 0.6) is 0 Å². The van der Waals surface area contributed by atoms with E-state index in [9.17, 15) is 0 Å². The molecule has 0 bridgehead atoms. The molecule has 0 radical (unpaired) electrons. The van der Waals surface area contributed by atoms with Crippen LogP contribution >= 0.6 is 0 Å². The zero-order chi connectivity index (χ0) is 9.40. The van der Waals surface area contributed by atoms with Gasteiger partial charge in [0.1, 0.15) is 0 Å². The smallest absolute Gasteiger partial charge is 0.261 e. The molecule has 0 heterocycles. The summed E-state index contributed by atoms with van der Waals surface area (Å²) in [7, 11) is 4.34. The van der Waals surface area contributed by atoms with Crippen molar-refractivity contribution in [2.75, 3.05) is 20.6 Å². The predicted octanol–water partition coefficient (Wildman–Crippen LogP) is 2.86. The molecule has 0 fully saturated rings. The summed E-state index contributed by atoms with van der Waals surface area (Å²) in [4.78, 5) is 2.30. The van der Waals surface area contributed by atoms with Crippen molar-refractivity contribution in [1.82, 2.24) is 4.90 Å². The van der Waals surface area contributed by atoms with Crippen molar-refractivity contribution in [3.8, 4) is 0 Å². The molecule has 72 valence electrons. The maximum atomic E-state index is 2.38. The molecule has 0 saturated heterocycles. The average Bonchev–Trinajstić information content (AvgIpc) is 2.02. The van der Waals surface area contributed by atoms with E-state index in [0.29, 0.717) is 0 Å². The van der Waals surface area contributed by atoms with Crippen LogP contribution in [0.3, 0.4) is 0 Å². The van der Waals surface area contributed by atoms with Crippen LogP contribution < -0.4 is 0 Å². The topological polar surface area (TPSA) is 3.24 Å². The van der Waals surface area contributed by atoms with Crippen molar-refractivity contribution >= 4 is 14.1 Å². The fraction of sp³-hybridized carbons (Fsp3) is 1.00. The first-order valence-electron chi connectivity index (χ1n) is 5.35. The highest BCUT2D eigenvalue weighted by molar-refractivity contribution is 6.58. The molecule has 0 aromatic heterocycles. The van der Waals surface area contributed by atoms with Crippen LogP contribution in [-0.2, 0) is 0 Å². The Morgan fingerprint density at radius 3 is 2.17 bits per heavy atom. The van der Waals surface area contributed by atoms with Gasteiger partial charge in [0, 0.05) is 0 Å². The van der Waals surface area contributed by atoms with Gasteiger partial charge in [-0.2, -0.15) is 0 Å². The molecule has 12 heavy (non-hydrogen) atoms. The zero-order valence-corrected chi connectivity index (χ0v) is 10.4. The Morgan fingerprint density at radius 1 is 1.08 bits per heavy atom. The molecule has 0 spiro atoms. The van der Waals surface area contributed by atoms with Gasteiger partial charge in [-0.25, -0.2) is 0 Å². The van der Waals surface area contributed by atoms with Crippen LogP contribution in [0.1, 0.15) is 26.7 Å². The van der Waals surface area contributed by atoms with Crippen LogP contribution in [0.2, 0.25) is 15.8 Å². The van der Waals surface area contributed by atoms with Crippen molar-refractivity contribution in [3.05, 3.63) is 0 Å². The van der Waals surface area contributed by atoms with E-state index in [1.807, 2.05) is 0 Å².